The summed E-state index contributed by atoms with van der Waals surface area (Å²) in [5, 5.41) is 4.68. The molecule has 3 rings (SSSR count). The zero-order valence-electron chi connectivity index (χ0n) is 12.5. The Kier molecular flexibility index (Phi) is 4.01. The molecule has 0 saturated heterocycles. The molecule has 1 aliphatic rings. The Morgan fingerprint density at radius 1 is 1.30 bits per heavy atom. The van der Waals surface area contributed by atoms with Gasteiger partial charge < -0.3 is 5.32 Å². The Morgan fingerprint density at radius 3 is 2.70 bits per heavy atom. The van der Waals surface area contributed by atoms with Crippen LogP contribution in [0.25, 0.3) is 0 Å². The minimum Gasteiger partial charge on any atom is -0.310 e. The number of thioether (sulfide) groups is 1. The number of anilines is 1. The van der Waals surface area contributed by atoms with Crippen molar-refractivity contribution in [2.75, 3.05) is 11.1 Å². The van der Waals surface area contributed by atoms with E-state index in [1.54, 1.807) is 4.68 Å². The van der Waals surface area contributed by atoms with Crippen molar-refractivity contribution < 1.29 is 13.6 Å². The van der Waals surface area contributed by atoms with Crippen LogP contribution in [0.3, 0.4) is 0 Å². The van der Waals surface area contributed by atoms with Crippen LogP contribution < -0.4 is 10.9 Å². The fourth-order valence-corrected chi connectivity index (χ4v) is 3.74. The van der Waals surface area contributed by atoms with E-state index in [1.807, 2.05) is 13.8 Å². The lowest BCUT2D eigenvalue weighted by atomic mass is 10.1. The molecule has 23 heavy (non-hydrogen) atoms. The molecule has 8 heteroatoms. The Balaban J connectivity index is 2.21. The quantitative estimate of drug-likeness (QED) is 0.884. The third kappa shape index (κ3) is 2.78. The lowest BCUT2D eigenvalue weighted by Gasteiger charge is -2.15. The molecule has 1 aromatic heterocycles. The second-order valence-corrected chi connectivity index (χ2v) is 6.67. The molecule has 2 N–H and O–H groups in total. The van der Waals surface area contributed by atoms with Gasteiger partial charge in [-0.25, -0.2) is 8.78 Å². The fourth-order valence-electron chi connectivity index (χ4n) is 2.59. The number of aromatic nitrogens is 2. The number of nitrogens with one attached hydrogen (secondary N) is 2. The van der Waals surface area contributed by atoms with Crippen molar-refractivity contribution in [2.45, 2.75) is 25.1 Å². The van der Waals surface area contributed by atoms with Crippen LogP contribution in [0.15, 0.2) is 23.0 Å². The van der Waals surface area contributed by atoms with Crippen LogP contribution in [-0.4, -0.2) is 21.4 Å². The maximum atomic E-state index is 14.2. The Bertz CT molecular complexity index is 829. The lowest BCUT2D eigenvalue weighted by Crippen LogP contribution is -2.17. The number of H-pyrrole nitrogens is 1. The molecule has 0 fully saturated rings. The van der Waals surface area contributed by atoms with Gasteiger partial charge in [-0.15, -0.1) is 11.8 Å². The number of rotatable bonds is 2. The molecule has 1 amide bonds. The highest BCUT2D eigenvalue weighted by Gasteiger charge is 2.32. The second kappa shape index (κ2) is 5.84. The first-order chi connectivity index (χ1) is 10.9. The van der Waals surface area contributed by atoms with Crippen molar-refractivity contribution in [3.63, 3.8) is 0 Å². The van der Waals surface area contributed by atoms with E-state index in [0.717, 1.165) is 23.9 Å². The van der Waals surface area contributed by atoms with Crippen LogP contribution in [0.5, 0.6) is 0 Å². The zero-order valence-corrected chi connectivity index (χ0v) is 13.3. The van der Waals surface area contributed by atoms with Crippen molar-refractivity contribution in [2.24, 2.45) is 0 Å². The number of amides is 1. The van der Waals surface area contributed by atoms with Gasteiger partial charge in [-0.1, -0.05) is 6.07 Å². The third-order valence-corrected chi connectivity index (χ3v) is 4.88. The van der Waals surface area contributed by atoms with Crippen LogP contribution in [-0.2, 0) is 4.79 Å². The Hall–Kier alpha value is -2.09. The topological polar surface area (TPSA) is 66.9 Å². The van der Waals surface area contributed by atoms with E-state index in [2.05, 4.69) is 10.4 Å². The van der Waals surface area contributed by atoms with Crippen molar-refractivity contribution >= 4 is 23.5 Å². The zero-order chi connectivity index (χ0) is 16.7. The molecule has 0 aliphatic carbocycles. The summed E-state index contributed by atoms with van der Waals surface area (Å²) in [5.74, 6) is -1.27. The molecule has 0 bridgehead atoms. The standard InChI is InChI=1S/C15H15F2N3O2S/c1-7(2)20-14-12(15(22)19-20)13(23-6-11(21)18-14)9-4-3-8(16)5-10(9)17/h3-5,7,13H,6H2,1-2H3,(H,18,21)(H,19,22)/t13-/m0/s1. The highest BCUT2D eigenvalue weighted by Crippen LogP contribution is 2.41. The summed E-state index contributed by atoms with van der Waals surface area (Å²) in [6.07, 6.45) is 0. The Labute approximate surface area is 135 Å². The summed E-state index contributed by atoms with van der Waals surface area (Å²) in [5.41, 5.74) is 0.0679. The molecule has 5 nitrogen and oxygen atoms in total. The van der Waals surface area contributed by atoms with Crippen LogP contribution in [0.4, 0.5) is 14.6 Å². The van der Waals surface area contributed by atoms with Gasteiger partial charge in [-0.3, -0.25) is 19.4 Å². The summed E-state index contributed by atoms with van der Waals surface area (Å²) in [6.45, 7) is 3.71. The van der Waals surface area contributed by atoms with Gasteiger partial charge in [0, 0.05) is 17.7 Å². The molecular formula is C15H15F2N3O2S. The van der Waals surface area contributed by atoms with Crippen molar-refractivity contribution in [1.82, 2.24) is 9.78 Å². The van der Waals surface area contributed by atoms with Crippen LogP contribution in [0.2, 0.25) is 0 Å². The maximum Gasteiger partial charge on any atom is 0.270 e. The van der Waals surface area contributed by atoms with Gasteiger partial charge in [0.05, 0.1) is 16.6 Å². The Morgan fingerprint density at radius 2 is 2.04 bits per heavy atom. The van der Waals surface area contributed by atoms with Gasteiger partial charge in [0.25, 0.3) is 5.56 Å². The molecule has 0 radical (unpaired) electrons. The number of fused-ring (bicyclic) bond motifs is 1. The van der Waals surface area contributed by atoms with E-state index in [0.29, 0.717) is 5.82 Å². The second-order valence-electron chi connectivity index (χ2n) is 5.57. The largest absolute Gasteiger partial charge is 0.310 e. The minimum absolute atomic E-state index is 0.0771. The van der Waals surface area contributed by atoms with E-state index in [1.165, 1.54) is 6.07 Å². The SMILES string of the molecule is CC(C)n1[nH]c(=O)c2c1NC(=O)CS[C@H]2c1ccc(F)cc1F. The average molecular weight is 339 g/mol. The molecule has 1 aromatic carbocycles. The predicted octanol–water partition coefficient (Wildman–Crippen LogP) is 2.81. The third-order valence-electron chi connectivity index (χ3n) is 3.63. The van der Waals surface area contributed by atoms with Gasteiger partial charge in [-0.2, -0.15) is 0 Å². The van der Waals surface area contributed by atoms with E-state index >= 15 is 0 Å². The summed E-state index contributed by atoms with van der Waals surface area (Å²) in [6, 6.07) is 3.15. The van der Waals surface area contributed by atoms with E-state index in [9.17, 15) is 18.4 Å². The molecule has 1 aliphatic heterocycles. The molecule has 2 aromatic rings. The smallest absolute Gasteiger partial charge is 0.270 e. The number of benzene rings is 1. The van der Waals surface area contributed by atoms with Crippen LogP contribution in [0, 0.1) is 11.6 Å². The first-order valence-electron chi connectivity index (χ1n) is 7.09. The summed E-state index contributed by atoms with van der Waals surface area (Å²) in [4.78, 5) is 24.3. The first kappa shape index (κ1) is 15.8. The number of aromatic amines is 1. The monoisotopic (exact) mass is 339 g/mol. The van der Waals surface area contributed by atoms with Gasteiger partial charge in [0.1, 0.15) is 17.5 Å². The normalized spacial score (nSPS) is 17.8. The van der Waals surface area contributed by atoms with E-state index < -0.39 is 22.4 Å². The number of nitrogens with zero attached hydrogens (tertiary/aromatic N) is 1. The number of hydrogen-bond donors (Lipinski definition) is 2. The van der Waals surface area contributed by atoms with Crippen molar-refractivity contribution in [1.29, 1.82) is 0 Å². The molecule has 1 atom stereocenters. The van der Waals surface area contributed by atoms with Crippen molar-refractivity contribution in [3.8, 4) is 0 Å². The summed E-state index contributed by atoms with van der Waals surface area (Å²) >= 11 is 1.14. The number of carbonyl (C=O) groups excluding carboxylic acids is 1. The number of halogens is 2. The van der Waals surface area contributed by atoms with E-state index in [4.69, 9.17) is 0 Å². The fraction of sp³-hybridized carbons (Fsp3) is 0.333. The van der Waals surface area contributed by atoms with E-state index in [-0.39, 0.29) is 28.8 Å². The molecule has 2 heterocycles. The molecule has 122 valence electrons. The van der Waals surface area contributed by atoms with Gasteiger partial charge in [-0.05, 0) is 19.9 Å². The molecule has 0 unspecified atom stereocenters. The van der Waals surface area contributed by atoms with Crippen LogP contribution >= 0.6 is 11.8 Å². The molecular weight excluding hydrogens is 324 g/mol. The number of carbonyl (C=O) groups is 1. The summed E-state index contributed by atoms with van der Waals surface area (Å²) < 4.78 is 28.9. The lowest BCUT2D eigenvalue weighted by molar-refractivity contribution is -0.113. The molecule has 0 saturated carbocycles. The maximum absolute atomic E-state index is 14.2. The molecule has 0 spiro atoms. The minimum atomic E-state index is -0.737. The van der Waals surface area contributed by atoms with Gasteiger partial charge in [0.15, 0.2) is 0 Å². The number of hydrogen-bond acceptors (Lipinski definition) is 3. The first-order valence-corrected chi connectivity index (χ1v) is 8.14. The highest BCUT2D eigenvalue weighted by molar-refractivity contribution is 8.00. The average Bonchev–Trinajstić information content (AvgIpc) is 2.68. The highest BCUT2D eigenvalue weighted by atomic mass is 32.2. The van der Waals surface area contributed by atoms with Gasteiger partial charge >= 0.3 is 0 Å². The van der Waals surface area contributed by atoms with Gasteiger partial charge in [0.2, 0.25) is 5.91 Å². The summed E-state index contributed by atoms with van der Waals surface area (Å²) in [7, 11) is 0. The van der Waals surface area contributed by atoms with Crippen LogP contribution in [0.1, 0.15) is 36.3 Å². The predicted molar refractivity (Wildman–Crippen MR) is 84.7 cm³/mol. The van der Waals surface area contributed by atoms with Crippen molar-refractivity contribution in [3.05, 3.63) is 51.3 Å².